The Morgan fingerprint density at radius 1 is 1.22 bits per heavy atom. The van der Waals surface area contributed by atoms with Crippen molar-refractivity contribution in [2.24, 2.45) is 11.8 Å². The number of nitrogens with one attached hydrogen (secondary N) is 1. The van der Waals surface area contributed by atoms with Crippen LogP contribution in [0.5, 0.6) is 0 Å². The van der Waals surface area contributed by atoms with Crippen LogP contribution in [-0.4, -0.2) is 53.5 Å². The summed E-state index contributed by atoms with van der Waals surface area (Å²) in [4.78, 5) is 24.4. The lowest BCUT2D eigenvalue weighted by Gasteiger charge is -2.35. The Hall–Kier alpha value is -1.85. The van der Waals surface area contributed by atoms with Crippen molar-refractivity contribution in [2.75, 3.05) is 36.9 Å². The van der Waals surface area contributed by atoms with Gasteiger partial charge in [0.15, 0.2) is 0 Å². The second-order valence-electron chi connectivity index (χ2n) is 7.02. The number of amides is 1. The minimum absolute atomic E-state index is 0.138. The summed E-state index contributed by atoms with van der Waals surface area (Å²) in [5.74, 6) is 3.23. The second-order valence-corrected chi connectivity index (χ2v) is 7.02. The second kappa shape index (κ2) is 6.72. The molecule has 1 aromatic heterocycles. The summed E-state index contributed by atoms with van der Waals surface area (Å²) in [5, 5.41) is 3.59. The number of hydrogen-bond donors (Lipinski definition) is 1. The van der Waals surface area contributed by atoms with E-state index in [-0.39, 0.29) is 5.91 Å². The Balaban J connectivity index is 1.69. The van der Waals surface area contributed by atoms with Crippen LogP contribution in [0, 0.1) is 11.8 Å². The minimum Gasteiger partial charge on any atom is -0.367 e. The molecule has 1 aliphatic heterocycles. The van der Waals surface area contributed by atoms with Crippen molar-refractivity contribution >= 4 is 17.5 Å². The van der Waals surface area contributed by atoms with Gasteiger partial charge in [0.25, 0.3) is 0 Å². The lowest BCUT2D eigenvalue weighted by molar-refractivity contribution is -0.129. The quantitative estimate of drug-likeness (QED) is 0.924. The largest absolute Gasteiger partial charge is 0.367 e. The lowest BCUT2D eigenvalue weighted by Crippen LogP contribution is -2.48. The third-order valence-corrected chi connectivity index (χ3v) is 5.47. The molecule has 1 saturated heterocycles. The Kier molecular flexibility index (Phi) is 4.68. The average Bonchev–Trinajstić information content (AvgIpc) is 2.55. The highest BCUT2D eigenvalue weighted by Gasteiger charge is 2.27. The molecule has 2 fully saturated rings. The first-order chi connectivity index (χ1) is 11.0. The fourth-order valence-corrected chi connectivity index (χ4v) is 3.53. The Morgan fingerprint density at radius 2 is 2.04 bits per heavy atom. The van der Waals surface area contributed by atoms with Crippen molar-refractivity contribution in [2.45, 2.75) is 39.2 Å². The summed E-state index contributed by atoms with van der Waals surface area (Å²) in [7, 11) is 1.85. The van der Waals surface area contributed by atoms with Gasteiger partial charge in [-0.2, -0.15) is 0 Å². The summed E-state index contributed by atoms with van der Waals surface area (Å²) in [6, 6.07) is 2.44. The number of nitrogens with zero attached hydrogens (tertiary/aromatic N) is 4. The van der Waals surface area contributed by atoms with Crippen molar-refractivity contribution < 1.29 is 4.79 Å². The number of anilines is 2. The van der Waals surface area contributed by atoms with E-state index in [0.717, 1.165) is 30.6 Å². The van der Waals surface area contributed by atoms with Gasteiger partial charge < -0.3 is 15.1 Å². The van der Waals surface area contributed by atoms with Gasteiger partial charge in [-0.05, 0) is 18.3 Å². The van der Waals surface area contributed by atoms with Crippen molar-refractivity contribution in [3.63, 3.8) is 0 Å². The van der Waals surface area contributed by atoms with E-state index in [1.165, 1.54) is 19.3 Å². The first kappa shape index (κ1) is 16.0. The highest BCUT2D eigenvalue weighted by atomic mass is 16.2. The average molecular weight is 317 g/mol. The zero-order valence-electron chi connectivity index (χ0n) is 14.3. The lowest BCUT2D eigenvalue weighted by atomic mass is 9.78. The highest BCUT2D eigenvalue weighted by molar-refractivity contribution is 5.82. The van der Waals surface area contributed by atoms with Gasteiger partial charge >= 0.3 is 0 Å². The van der Waals surface area contributed by atoms with Crippen LogP contribution in [0.15, 0.2) is 12.4 Å². The minimum atomic E-state index is 0.138. The molecule has 0 radical (unpaired) electrons. The topological polar surface area (TPSA) is 61.4 Å². The van der Waals surface area contributed by atoms with Gasteiger partial charge in [-0.3, -0.25) is 4.79 Å². The SMILES string of the molecule is CC1CCCC(Nc2cc(N3CCN(C)C(=O)C3)ncn2)C1C. The number of piperazine rings is 1. The van der Waals surface area contributed by atoms with Crippen LogP contribution >= 0.6 is 0 Å². The predicted molar refractivity (Wildman–Crippen MR) is 91.5 cm³/mol. The summed E-state index contributed by atoms with van der Waals surface area (Å²) in [5.41, 5.74) is 0. The van der Waals surface area contributed by atoms with E-state index in [2.05, 4.69) is 29.1 Å². The number of likely N-dealkylation sites (N-methyl/N-ethyl adjacent to an activating group) is 1. The molecule has 1 aliphatic carbocycles. The summed E-state index contributed by atoms with van der Waals surface area (Å²) < 4.78 is 0. The molecular weight excluding hydrogens is 290 g/mol. The van der Waals surface area contributed by atoms with E-state index in [1.807, 2.05) is 18.0 Å². The summed E-state index contributed by atoms with van der Waals surface area (Å²) in [6.45, 7) is 6.60. The van der Waals surface area contributed by atoms with Crippen LogP contribution in [0.1, 0.15) is 33.1 Å². The first-order valence-corrected chi connectivity index (χ1v) is 8.62. The molecule has 6 nitrogen and oxygen atoms in total. The van der Waals surface area contributed by atoms with E-state index in [9.17, 15) is 4.79 Å². The van der Waals surface area contributed by atoms with Crippen LogP contribution in [0.4, 0.5) is 11.6 Å². The smallest absolute Gasteiger partial charge is 0.241 e. The van der Waals surface area contributed by atoms with Gasteiger partial charge in [0, 0.05) is 32.2 Å². The molecule has 6 heteroatoms. The summed E-state index contributed by atoms with van der Waals surface area (Å²) >= 11 is 0. The molecule has 23 heavy (non-hydrogen) atoms. The monoisotopic (exact) mass is 317 g/mol. The number of rotatable bonds is 3. The molecule has 1 aromatic rings. The molecule has 1 amide bonds. The van der Waals surface area contributed by atoms with Crippen molar-refractivity contribution in [3.05, 3.63) is 12.4 Å². The number of hydrogen-bond acceptors (Lipinski definition) is 5. The van der Waals surface area contributed by atoms with E-state index < -0.39 is 0 Å². The third-order valence-electron chi connectivity index (χ3n) is 5.47. The van der Waals surface area contributed by atoms with Gasteiger partial charge in [0.2, 0.25) is 5.91 Å². The van der Waals surface area contributed by atoms with E-state index in [1.54, 1.807) is 11.2 Å². The van der Waals surface area contributed by atoms with Crippen LogP contribution in [0.3, 0.4) is 0 Å². The molecule has 0 aromatic carbocycles. The van der Waals surface area contributed by atoms with Gasteiger partial charge in [0.05, 0.1) is 6.54 Å². The molecule has 3 rings (SSSR count). The van der Waals surface area contributed by atoms with Gasteiger partial charge in [-0.25, -0.2) is 9.97 Å². The van der Waals surface area contributed by atoms with Crippen LogP contribution < -0.4 is 10.2 Å². The van der Waals surface area contributed by atoms with E-state index in [4.69, 9.17) is 0 Å². The number of carbonyl (C=O) groups is 1. The van der Waals surface area contributed by atoms with Crippen LogP contribution in [0.2, 0.25) is 0 Å². The van der Waals surface area contributed by atoms with Crippen molar-refractivity contribution in [1.82, 2.24) is 14.9 Å². The molecule has 3 atom stereocenters. The standard InChI is InChI=1S/C17H27N5O/c1-12-5-4-6-14(13(12)2)20-15-9-16(19-11-18-15)22-8-7-21(3)17(23)10-22/h9,11-14H,4-8,10H2,1-3H3,(H,18,19,20). The van der Waals surface area contributed by atoms with Gasteiger partial charge in [-0.15, -0.1) is 0 Å². The Labute approximate surface area is 138 Å². The molecule has 1 saturated carbocycles. The molecule has 3 unspecified atom stereocenters. The fraction of sp³-hybridized carbons (Fsp3) is 0.706. The normalized spacial score (nSPS) is 28.8. The van der Waals surface area contributed by atoms with Crippen LogP contribution in [0.25, 0.3) is 0 Å². The van der Waals surface area contributed by atoms with E-state index in [0.29, 0.717) is 18.5 Å². The molecule has 2 aliphatic rings. The highest BCUT2D eigenvalue weighted by Crippen LogP contribution is 2.31. The van der Waals surface area contributed by atoms with Gasteiger partial charge in [-0.1, -0.05) is 26.7 Å². The predicted octanol–water partition coefficient (Wildman–Crippen LogP) is 1.99. The molecule has 126 valence electrons. The van der Waals surface area contributed by atoms with Crippen molar-refractivity contribution in [3.8, 4) is 0 Å². The maximum absolute atomic E-state index is 11.9. The van der Waals surface area contributed by atoms with Crippen molar-refractivity contribution in [1.29, 1.82) is 0 Å². The third kappa shape index (κ3) is 3.57. The zero-order chi connectivity index (χ0) is 16.4. The maximum atomic E-state index is 11.9. The Morgan fingerprint density at radius 3 is 2.83 bits per heavy atom. The zero-order valence-corrected chi connectivity index (χ0v) is 14.3. The first-order valence-electron chi connectivity index (χ1n) is 8.62. The van der Waals surface area contributed by atoms with Gasteiger partial charge in [0.1, 0.15) is 18.0 Å². The fourth-order valence-electron chi connectivity index (χ4n) is 3.53. The number of aromatic nitrogens is 2. The number of carbonyl (C=O) groups excluding carboxylic acids is 1. The summed E-state index contributed by atoms with van der Waals surface area (Å²) in [6.07, 6.45) is 5.38. The Bertz CT molecular complexity index is 564. The maximum Gasteiger partial charge on any atom is 0.241 e. The molecule has 1 N–H and O–H groups in total. The molecule has 2 heterocycles. The van der Waals surface area contributed by atoms with Crippen LogP contribution in [-0.2, 0) is 4.79 Å². The molecule has 0 bridgehead atoms. The molecular formula is C17H27N5O. The molecule has 0 spiro atoms. The van der Waals surface area contributed by atoms with E-state index >= 15 is 0 Å².